The average Bonchev–Trinajstić information content (AvgIpc) is 2.82. The molecule has 0 saturated carbocycles. The number of benzene rings is 2. The monoisotopic (exact) mass is 331 g/mol. The van der Waals surface area contributed by atoms with Gasteiger partial charge in [0.15, 0.2) is 5.11 Å². The van der Waals surface area contributed by atoms with E-state index in [4.69, 9.17) is 30.8 Å². The number of hydrazine groups is 1. The first-order valence-electron chi connectivity index (χ1n) is 7.50. The molecule has 0 saturated heterocycles. The topological polar surface area (TPSA) is 78.2 Å². The second-order valence-corrected chi connectivity index (χ2v) is 6.09. The van der Waals surface area contributed by atoms with E-state index in [1.165, 1.54) is 0 Å². The smallest absolute Gasteiger partial charge is 0.182 e. The van der Waals surface area contributed by atoms with Crippen molar-refractivity contribution < 1.29 is 0 Å². The van der Waals surface area contributed by atoms with E-state index in [-0.39, 0.29) is 5.11 Å². The van der Waals surface area contributed by atoms with E-state index < -0.39 is 0 Å². The summed E-state index contributed by atoms with van der Waals surface area (Å²) < 4.78 is 0. The lowest BCUT2D eigenvalue weighted by molar-refractivity contribution is 0.853. The number of aromatic amines is 1. The molecule has 1 aliphatic heterocycles. The predicted molar refractivity (Wildman–Crippen MR) is 103 cm³/mol. The van der Waals surface area contributed by atoms with Crippen LogP contribution in [-0.4, -0.2) is 23.8 Å². The van der Waals surface area contributed by atoms with Gasteiger partial charge in [0.25, 0.3) is 0 Å². The number of hydrogen-bond acceptors (Lipinski definition) is 3. The Hall–Kier alpha value is -2.80. The van der Waals surface area contributed by atoms with Gasteiger partial charge in [-0.25, -0.2) is 4.99 Å². The third-order valence-electron chi connectivity index (χ3n) is 4.03. The molecule has 0 unspecified atom stereocenters. The summed E-state index contributed by atoms with van der Waals surface area (Å²) in [7, 11) is 5.98. The van der Waals surface area contributed by atoms with Crippen LogP contribution in [0.25, 0.3) is 22.2 Å². The number of thiocarbonyl (C=S) groups is 1. The van der Waals surface area contributed by atoms with Crippen LogP contribution in [0.3, 0.4) is 0 Å². The Morgan fingerprint density at radius 1 is 1.25 bits per heavy atom. The lowest BCUT2D eigenvalue weighted by atomic mass is 9.93. The van der Waals surface area contributed by atoms with Gasteiger partial charge in [-0.3, -0.25) is 10.9 Å². The molecule has 1 aromatic heterocycles. The molecule has 3 aromatic rings. The quantitative estimate of drug-likeness (QED) is 0.286. The van der Waals surface area contributed by atoms with Crippen molar-refractivity contribution in [3.05, 3.63) is 48.0 Å². The molecule has 7 heteroatoms. The number of nitrogens with zero attached hydrogens (tertiary/aromatic N) is 1. The fourth-order valence-electron chi connectivity index (χ4n) is 3.02. The maximum absolute atomic E-state index is 5.98. The van der Waals surface area contributed by atoms with E-state index in [0.717, 1.165) is 44.7 Å². The van der Waals surface area contributed by atoms with E-state index >= 15 is 0 Å². The summed E-state index contributed by atoms with van der Waals surface area (Å²) in [5.41, 5.74) is 17.2. The lowest BCUT2D eigenvalue weighted by Crippen LogP contribution is -2.44. The molecule has 5 nitrogen and oxygen atoms in total. The fourth-order valence-corrected chi connectivity index (χ4v) is 3.07. The average molecular weight is 331 g/mol. The van der Waals surface area contributed by atoms with Crippen LogP contribution in [0.15, 0.2) is 47.5 Å². The Morgan fingerprint density at radius 3 is 2.92 bits per heavy atom. The van der Waals surface area contributed by atoms with Gasteiger partial charge in [0.2, 0.25) is 0 Å². The third-order valence-corrected chi connectivity index (χ3v) is 4.14. The van der Waals surface area contributed by atoms with Gasteiger partial charge in [0.05, 0.1) is 11.4 Å². The Bertz CT molecular complexity index is 992. The van der Waals surface area contributed by atoms with Gasteiger partial charge in [-0.05, 0) is 29.9 Å². The number of aliphatic imine (C=N–C) groups is 1. The molecule has 0 bridgehead atoms. The lowest BCUT2D eigenvalue weighted by Gasteiger charge is -2.10. The van der Waals surface area contributed by atoms with Gasteiger partial charge in [-0.15, -0.1) is 0 Å². The maximum Gasteiger partial charge on any atom is 0.182 e. The van der Waals surface area contributed by atoms with Crippen molar-refractivity contribution in [3.8, 4) is 11.3 Å². The molecule has 0 amide bonds. The van der Waals surface area contributed by atoms with Crippen molar-refractivity contribution in [1.29, 1.82) is 0 Å². The van der Waals surface area contributed by atoms with Crippen molar-refractivity contribution >= 4 is 53.1 Å². The minimum atomic E-state index is 0.165. The molecule has 24 heavy (non-hydrogen) atoms. The molecule has 4 rings (SSSR count). The number of fused-ring (bicyclic) bond motifs is 5. The summed E-state index contributed by atoms with van der Waals surface area (Å²) in [6.45, 7) is 0. The van der Waals surface area contributed by atoms with Gasteiger partial charge in [-0.2, -0.15) is 0 Å². The summed E-state index contributed by atoms with van der Waals surface area (Å²) >= 11 is 4.86. The van der Waals surface area contributed by atoms with E-state index in [2.05, 4.69) is 21.9 Å². The number of aromatic nitrogens is 1. The highest BCUT2D eigenvalue weighted by atomic mass is 32.1. The van der Waals surface area contributed by atoms with Crippen molar-refractivity contribution in [2.24, 2.45) is 10.7 Å². The second kappa shape index (κ2) is 5.69. The zero-order chi connectivity index (χ0) is 16.7. The second-order valence-electron chi connectivity index (χ2n) is 5.65. The first-order chi connectivity index (χ1) is 11.6. The molecule has 0 aliphatic carbocycles. The normalized spacial score (nSPS) is 12.8. The maximum atomic E-state index is 5.98. The molecule has 1 aliphatic rings. The zero-order valence-electron chi connectivity index (χ0n) is 12.8. The van der Waals surface area contributed by atoms with Crippen LogP contribution in [0.5, 0.6) is 0 Å². The first kappa shape index (κ1) is 14.8. The zero-order valence-corrected chi connectivity index (χ0v) is 13.6. The van der Waals surface area contributed by atoms with Crippen LogP contribution in [0.2, 0.25) is 0 Å². The molecular weight excluding hydrogens is 317 g/mol. The summed E-state index contributed by atoms with van der Waals surface area (Å²) in [6.07, 6.45) is 0.600. The minimum Gasteiger partial charge on any atom is -0.375 e. The van der Waals surface area contributed by atoms with Gasteiger partial charge in [0, 0.05) is 22.9 Å². The summed E-state index contributed by atoms with van der Waals surface area (Å²) in [6, 6.07) is 13.9. The molecule has 0 atom stereocenters. The van der Waals surface area contributed by atoms with E-state index in [9.17, 15) is 0 Å². The van der Waals surface area contributed by atoms with Gasteiger partial charge in [-0.1, -0.05) is 35.8 Å². The minimum absolute atomic E-state index is 0.165. The van der Waals surface area contributed by atoms with Crippen molar-refractivity contribution in [3.63, 3.8) is 0 Å². The molecule has 2 heterocycles. The number of hydrogen-bond donors (Lipinski definition) is 4. The van der Waals surface area contributed by atoms with Crippen molar-refractivity contribution in [2.75, 3.05) is 0 Å². The molecule has 2 radical (unpaired) electrons. The number of amidine groups is 1. The largest absolute Gasteiger partial charge is 0.375 e. The summed E-state index contributed by atoms with van der Waals surface area (Å²) in [4.78, 5) is 8.20. The molecule has 2 aromatic carbocycles. The Kier molecular flexibility index (Phi) is 3.50. The Labute approximate surface area is 145 Å². The van der Waals surface area contributed by atoms with Gasteiger partial charge in [0.1, 0.15) is 13.7 Å². The van der Waals surface area contributed by atoms with Crippen LogP contribution in [0, 0.1) is 0 Å². The van der Waals surface area contributed by atoms with Crippen molar-refractivity contribution in [1.82, 2.24) is 15.8 Å². The number of H-pyrrole nitrogens is 1. The first-order valence-corrected chi connectivity index (χ1v) is 7.91. The number of nitrogens with one attached hydrogen (secondary N) is 3. The third kappa shape index (κ3) is 2.53. The van der Waals surface area contributed by atoms with Crippen molar-refractivity contribution in [2.45, 2.75) is 6.42 Å². The highest BCUT2D eigenvalue weighted by Gasteiger charge is 2.20. The number of para-hydroxylation sites is 1. The highest BCUT2D eigenvalue weighted by molar-refractivity contribution is 7.80. The van der Waals surface area contributed by atoms with Crippen LogP contribution < -0.4 is 22.0 Å². The standard InChI is InChI=1S/C17H14BN5S/c18-9-5-6-14-11(7-9)12-8-15(22-23-17(19)24)20-13-4-2-1-3-10(13)16(12)21-14/h1-7,21H,8H2,(H,20,22)(H3,19,23,24). The van der Waals surface area contributed by atoms with E-state index in [1.807, 2.05) is 36.4 Å². The summed E-state index contributed by atoms with van der Waals surface area (Å²) in [5.74, 6) is 0.734. The van der Waals surface area contributed by atoms with E-state index in [0.29, 0.717) is 6.42 Å². The van der Waals surface area contributed by atoms with Crippen LogP contribution >= 0.6 is 12.2 Å². The molecule has 0 spiro atoms. The fraction of sp³-hybridized carbons (Fsp3) is 0.0588. The number of nitrogens with two attached hydrogens (primary N) is 1. The highest BCUT2D eigenvalue weighted by Crippen LogP contribution is 2.38. The SMILES string of the molecule is [B]c1ccc2[nH]c3c(c2c1)CC(NNC(N)=S)=Nc1ccccc1-3. The Balaban J connectivity index is 1.92. The van der Waals surface area contributed by atoms with Gasteiger partial charge < -0.3 is 10.7 Å². The van der Waals surface area contributed by atoms with Crippen LogP contribution in [0.1, 0.15) is 5.56 Å². The molecule has 5 N–H and O–H groups in total. The van der Waals surface area contributed by atoms with Gasteiger partial charge >= 0.3 is 0 Å². The number of rotatable bonds is 0. The predicted octanol–water partition coefficient (Wildman–Crippen LogP) is 1.55. The molecular formula is C17H14BN5S. The van der Waals surface area contributed by atoms with E-state index in [1.54, 1.807) is 0 Å². The van der Waals surface area contributed by atoms with Crippen LogP contribution in [-0.2, 0) is 6.42 Å². The Morgan fingerprint density at radius 2 is 2.08 bits per heavy atom. The summed E-state index contributed by atoms with van der Waals surface area (Å²) in [5, 5.41) is 1.25. The molecule has 0 fully saturated rings. The molecule has 116 valence electrons. The van der Waals surface area contributed by atoms with Crippen LogP contribution in [0.4, 0.5) is 5.69 Å².